The van der Waals surface area contributed by atoms with E-state index in [0.717, 1.165) is 12.8 Å². The Labute approximate surface area is 145 Å². The van der Waals surface area contributed by atoms with Crippen LogP contribution in [0, 0.1) is 0 Å². The fourth-order valence-corrected chi connectivity index (χ4v) is 3.06. The summed E-state index contributed by atoms with van der Waals surface area (Å²) in [5, 5.41) is 5.47. The highest BCUT2D eigenvalue weighted by atomic mass is 16.2. The molecule has 2 aromatic rings. The van der Waals surface area contributed by atoms with Crippen molar-refractivity contribution in [1.82, 2.24) is 25.2 Å². The Bertz CT molecular complexity index is 839. The summed E-state index contributed by atoms with van der Waals surface area (Å²) < 4.78 is 1.60. The highest BCUT2D eigenvalue weighted by Gasteiger charge is 2.24. The number of hydrogen-bond acceptors (Lipinski definition) is 5. The minimum atomic E-state index is -0.179. The van der Waals surface area contributed by atoms with E-state index in [2.05, 4.69) is 27.2 Å². The van der Waals surface area contributed by atoms with Crippen molar-refractivity contribution < 1.29 is 4.79 Å². The average molecular weight is 342 g/mol. The molecule has 0 saturated carbocycles. The lowest BCUT2D eigenvalue weighted by Gasteiger charge is -2.32. The molecule has 0 bridgehead atoms. The Balaban J connectivity index is 1.87. The molecule has 25 heavy (non-hydrogen) atoms. The van der Waals surface area contributed by atoms with Crippen LogP contribution in [-0.2, 0) is 6.54 Å². The smallest absolute Gasteiger partial charge is 0.314 e. The summed E-state index contributed by atoms with van der Waals surface area (Å²) in [6, 6.07) is 3.59. The Morgan fingerprint density at radius 1 is 1.44 bits per heavy atom. The molecule has 1 saturated heterocycles. The molecule has 2 amide bonds. The third kappa shape index (κ3) is 3.47. The summed E-state index contributed by atoms with van der Waals surface area (Å²) in [4.78, 5) is 35.1. The van der Waals surface area contributed by atoms with Gasteiger partial charge in [-0.3, -0.25) is 9.36 Å². The predicted molar refractivity (Wildman–Crippen MR) is 96.8 cm³/mol. The molecular weight excluding hydrogens is 320 g/mol. The van der Waals surface area contributed by atoms with Gasteiger partial charge in [0.2, 0.25) is 0 Å². The van der Waals surface area contributed by atoms with Crippen LogP contribution in [-0.4, -0.2) is 46.7 Å². The molecule has 2 aromatic heterocycles. The molecule has 2 N–H and O–H groups in total. The lowest BCUT2D eigenvalue weighted by atomic mass is 10.1. The number of aromatic nitrogens is 3. The Kier molecular flexibility index (Phi) is 4.97. The van der Waals surface area contributed by atoms with E-state index >= 15 is 0 Å². The lowest BCUT2D eigenvalue weighted by molar-refractivity contribution is 0.236. The molecule has 0 aliphatic carbocycles. The lowest BCUT2D eigenvalue weighted by Crippen LogP contribution is -2.48. The second-order valence-corrected chi connectivity index (χ2v) is 5.97. The van der Waals surface area contributed by atoms with E-state index < -0.39 is 0 Å². The molecule has 1 fully saturated rings. The number of urea groups is 1. The van der Waals surface area contributed by atoms with Crippen LogP contribution >= 0.6 is 0 Å². The van der Waals surface area contributed by atoms with E-state index in [9.17, 15) is 9.59 Å². The number of pyridine rings is 1. The molecule has 0 aromatic carbocycles. The van der Waals surface area contributed by atoms with Gasteiger partial charge in [-0.15, -0.1) is 6.58 Å². The molecule has 3 rings (SSSR count). The third-order valence-electron chi connectivity index (χ3n) is 4.35. The highest BCUT2D eigenvalue weighted by molar-refractivity contribution is 5.74. The van der Waals surface area contributed by atoms with Crippen molar-refractivity contribution in [1.29, 1.82) is 0 Å². The molecule has 0 atom stereocenters. The van der Waals surface area contributed by atoms with Crippen LogP contribution < -0.4 is 21.1 Å². The molecule has 8 heteroatoms. The van der Waals surface area contributed by atoms with E-state index in [1.165, 1.54) is 0 Å². The first-order valence-electron chi connectivity index (χ1n) is 8.33. The normalized spacial score (nSPS) is 15.2. The van der Waals surface area contributed by atoms with E-state index in [0.29, 0.717) is 36.6 Å². The molecule has 8 nitrogen and oxygen atoms in total. The van der Waals surface area contributed by atoms with Crippen molar-refractivity contribution in [3.8, 4) is 0 Å². The van der Waals surface area contributed by atoms with Crippen LogP contribution in [0.3, 0.4) is 0 Å². The van der Waals surface area contributed by atoms with Crippen LogP contribution in [0.4, 0.5) is 10.6 Å². The van der Waals surface area contributed by atoms with Crippen LogP contribution in [0.2, 0.25) is 0 Å². The first-order valence-corrected chi connectivity index (χ1v) is 8.33. The molecule has 0 radical (unpaired) electrons. The molecule has 1 aliphatic rings. The largest absolute Gasteiger partial charge is 0.352 e. The zero-order valence-electron chi connectivity index (χ0n) is 14.2. The fourth-order valence-electron chi connectivity index (χ4n) is 3.06. The monoisotopic (exact) mass is 342 g/mol. The van der Waals surface area contributed by atoms with Gasteiger partial charge in [-0.25, -0.2) is 14.8 Å². The highest BCUT2D eigenvalue weighted by Crippen LogP contribution is 2.17. The quantitative estimate of drug-likeness (QED) is 0.805. The van der Waals surface area contributed by atoms with Gasteiger partial charge in [-0.2, -0.15) is 0 Å². The summed E-state index contributed by atoms with van der Waals surface area (Å²) in [5.74, 6) is 0.431. The second kappa shape index (κ2) is 7.33. The fraction of sp³-hybridized carbons (Fsp3) is 0.412. The number of fused-ring (bicyclic) bond motifs is 1. The van der Waals surface area contributed by atoms with Crippen LogP contribution in [0.25, 0.3) is 11.2 Å². The zero-order valence-corrected chi connectivity index (χ0v) is 14.2. The molecule has 1 aliphatic heterocycles. The number of amides is 2. The standard InChI is InChI=1S/C17H22N6O2/c1-3-9-23-14-13(5-4-8-19-14)21-15(16(23)24)22-10-6-12(7-11-22)20-17(25)18-2/h3-5,8,12H,1,6-7,9-11H2,2H3,(H2,18,20,25). The van der Waals surface area contributed by atoms with Crippen molar-refractivity contribution in [3.63, 3.8) is 0 Å². The SMILES string of the molecule is C=CCn1c(=O)c(N2CCC(NC(=O)NC)CC2)nc2cccnc21. The molecular formula is C17H22N6O2. The number of allylic oxidation sites excluding steroid dienone is 1. The van der Waals surface area contributed by atoms with Gasteiger partial charge in [-0.05, 0) is 25.0 Å². The van der Waals surface area contributed by atoms with Gasteiger partial charge in [0.1, 0.15) is 5.52 Å². The van der Waals surface area contributed by atoms with Crippen molar-refractivity contribution in [3.05, 3.63) is 41.3 Å². The van der Waals surface area contributed by atoms with Crippen molar-refractivity contribution in [2.45, 2.75) is 25.4 Å². The summed E-state index contributed by atoms with van der Waals surface area (Å²) >= 11 is 0. The number of nitrogens with zero attached hydrogens (tertiary/aromatic N) is 4. The summed E-state index contributed by atoms with van der Waals surface area (Å²) in [6.07, 6.45) is 4.86. The summed E-state index contributed by atoms with van der Waals surface area (Å²) in [5.41, 5.74) is 1.08. The average Bonchev–Trinajstić information content (AvgIpc) is 2.64. The first kappa shape index (κ1) is 16.9. The van der Waals surface area contributed by atoms with Crippen molar-refractivity contribution in [2.75, 3.05) is 25.0 Å². The van der Waals surface area contributed by atoms with Gasteiger partial charge in [-0.1, -0.05) is 6.08 Å². The van der Waals surface area contributed by atoms with E-state index in [-0.39, 0.29) is 17.6 Å². The summed E-state index contributed by atoms with van der Waals surface area (Å²) in [7, 11) is 1.60. The number of piperidine rings is 1. The van der Waals surface area contributed by atoms with E-state index in [1.807, 2.05) is 11.0 Å². The number of anilines is 1. The topological polar surface area (TPSA) is 92.2 Å². The summed E-state index contributed by atoms with van der Waals surface area (Å²) in [6.45, 7) is 5.44. The Morgan fingerprint density at radius 3 is 2.88 bits per heavy atom. The second-order valence-electron chi connectivity index (χ2n) is 5.97. The molecule has 3 heterocycles. The Morgan fingerprint density at radius 2 is 2.20 bits per heavy atom. The van der Waals surface area contributed by atoms with Gasteiger partial charge in [0.05, 0.1) is 0 Å². The number of carbonyl (C=O) groups excluding carboxylic acids is 1. The van der Waals surface area contributed by atoms with Gasteiger partial charge >= 0.3 is 6.03 Å². The maximum absolute atomic E-state index is 12.9. The van der Waals surface area contributed by atoms with Gasteiger partial charge < -0.3 is 15.5 Å². The van der Waals surface area contributed by atoms with E-state index in [4.69, 9.17) is 0 Å². The zero-order chi connectivity index (χ0) is 17.8. The van der Waals surface area contributed by atoms with Gasteiger partial charge in [0.15, 0.2) is 11.5 Å². The molecule has 0 spiro atoms. The number of rotatable bonds is 4. The van der Waals surface area contributed by atoms with Crippen molar-refractivity contribution >= 4 is 23.0 Å². The van der Waals surface area contributed by atoms with Crippen LogP contribution in [0.1, 0.15) is 12.8 Å². The Hall–Kier alpha value is -2.90. The van der Waals surface area contributed by atoms with Crippen LogP contribution in [0.15, 0.2) is 35.8 Å². The maximum Gasteiger partial charge on any atom is 0.314 e. The number of nitrogens with one attached hydrogen (secondary N) is 2. The minimum absolute atomic E-state index is 0.105. The predicted octanol–water partition coefficient (Wildman–Crippen LogP) is 0.875. The minimum Gasteiger partial charge on any atom is -0.352 e. The van der Waals surface area contributed by atoms with Crippen molar-refractivity contribution in [2.24, 2.45) is 0 Å². The van der Waals surface area contributed by atoms with Crippen LogP contribution in [0.5, 0.6) is 0 Å². The van der Waals surface area contributed by atoms with E-state index in [1.54, 1.807) is 30.0 Å². The molecule has 132 valence electrons. The number of carbonyl (C=O) groups is 1. The number of hydrogen-bond donors (Lipinski definition) is 2. The maximum atomic E-state index is 12.9. The molecule has 0 unspecified atom stereocenters. The van der Waals surface area contributed by atoms with Gasteiger partial charge in [0, 0.05) is 38.9 Å². The first-order chi connectivity index (χ1) is 12.1. The third-order valence-corrected chi connectivity index (χ3v) is 4.35. The van der Waals surface area contributed by atoms with Gasteiger partial charge in [0.25, 0.3) is 5.56 Å².